The zero-order valence-electron chi connectivity index (χ0n) is 20.4. The molecule has 4 heteroatoms. The van der Waals surface area contributed by atoms with Gasteiger partial charge in [-0.15, -0.1) is 0 Å². The third-order valence-corrected chi connectivity index (χ3v) is 13.0. The highest BCUT2D eigenvalue weighted by Crippen LogP contribution is 2.44. The van der Waals surface area contributed by atoms with Gasteiger partial charge in [-0.05, 0) is 60.7 Å². The number of nitriles is 1. The summed E-state index contributed by atoms with van der Waals surface area (Å²) >= 11 is 0. The highest BCUT2D eigenvalue weighted by Gasteiger charge is 2.47. The van der Waals surface area contributed by atoms with Crippen LogP contribution < -0.4 is 0 Å². The molecule has 0 aromatic carbocycles. The molecule has 0 aromatic heterocycles. The van der Waals surface area contributed by atoms with E-state index in [9.17, 15) is 10.1 Å². The van der Waals surface area contributed by atoms with Gasteiger partial charge >= 0.3 is 0 Å². The molecule has 0 spiro atoms. The van der Waals surface area contributed by atoms with Crippen molar-refractivity contribution in [2.24, 2.45) is 11.8 Å². The van der Waals surface area contributed by atoms with Crippen molar-refractivity contribution in [3.63, 3.8) is 0 Å². The number of hydrogen-bond acceptors (Lipinski definition) is 3. The summed E-state index contributed by atoms with van der Waals surface area (Å²) in [7, 11) is -2.00. The van der Waals surface area contributed by atoms with E-state index in [-0.39, 0.29) is 17.9 Å². The lowest BCUT2D eigenvalue weighted by Gasteiger charge is -2.45. The van der Waals surface area contributed by atoms with Crippen LogP contribution in [0.5, 0.6) is 0 Å². The van der Waals surface area contributed by atoms with Crippen LogP contribution in [0, 0.1) is 23.2 Å². The van der Waals surface area contributed by atoms with Crippen LogP contribution in [-0.2, 0) is 9.22 Å². The SMILES string of the molecule is C/C1=C(/C=O)CC(C#N)C/C=C\C=C\[C@H](C)C(O[Si](C(C)C)(C(C)C)C(C)C)CC1. The molecule has 0 saturated carbocycles. The molecule has 0 saturated heterocycles. The summed E-state index contributed by atoms with van der Waals surface area (Å²) in [6.07, 6.45) is 12.4. The van der Waals surface area contributed by atoms with Crippen molar-refractivity contribution in [1.29, 1.82) is 5.26 Å². The Morgan fingerprint density at radius 2 is 1.73 bits per heavy atom. The van der Waals surface area contributed by atoms with Gasteiger partial charge in [-0.3, -0.25) is 4.79 Å². The molecule has 2 unspecified atom stereocenters. The van der Waals surface area contributed by atoms with E-state index in [1.165, 1.54) is 0 Å². The number of allylic oxidation sites excluding steroid dienone is 5. The van der Waals surface area contributed by atoms with E-state index in [1.54, 1.807) is 0 Å². The van der Waals surface area contributed by atoms with Crippen LogP contribution in [-0.4, -0.2) is 20.7 Å². The first-order chi connectivity index (χ1) is 14.1. The van der Waals surface area contributed by atoms with E-state index < -0.39 is 8.32 Å². The van der Waals surface area contributed by atoms with Crippen molar-refractivity contribution in [3.05, 3.63) is 35.5 Å². The van der Waals surface area contributed by atoms with Gasteiger partial charge in [0.2, 0.25) is 8.32 Å². The summed E-state index contributed by atoms with van der Waals surface area (Å²) in [5.74, 6) is 0.135. The lowest BCUT2D eigenvalue weighted by atomic mass is 9.92. The normalized spacial score (nSPS) is 29.1. The molecule has 0 heterocycles. The Morgan fingerprint density at radius 3 is 2.23 bits per heavy atom. The third kappa shape index (κ3) is 6.79. The largest absolute Gasteiger partial charge is 0.413 e. The smallest absolute Gasteiger partial charge is 0.200 e. The highest BCUT2D eigenvalue weighted by molar-refractivity contribution is 6.77. The van der Waals surface area contributed by atoms with Crippen molar-refractivity contribution >= 4 is 14.6 Å². The van der Waals surface area contributed by atoms with Gasteiger partial charge in [0, 0.05) is 0 Å². The van der Waals surface area contributed by atoms with Crippen LogP contribution in [0.2, 0.25) is 16.6 Å². The van der Waals surface area contributed by atoms with E-state index in [1.807, 2.05) is 19.1 Å². The fourth-order valence-corrected chi connectivity index (χ4v) is 10.7. The first kappa shape index (κ1) is 26.6. The van der Waals surface area contributed by atoms with E-state index in [4.69, 9.17) is 4.43 Å². The molecule has 0 amide bonds. The molecule has 3 atom stereocenters. The summed E-state index contributed by atoms with van der Waals surface area (Å²) in [5.41, 5.74) is 3.50. The molecule has 0 aliphatic heterocycles. The summed E-state index contributed by atoms with van der Waals surface area (Å²) in [5, 5.41) is 9.46. The van der Waals surface area contributed by atoms with Crippen molar-refractivity contribution in [2.45, 2.75) is 104 Å². The minimum absolute atomic E-state index is 0.129. The van der Waals surface area contributed by atoms with Crippen LogP contribution in [0.3, 0.4) is 0 Å². The first-order valence-electron chi connectivity index (χ1n) is 11.6. The van der Waals surface area contributed by atoms with Crippen molar-refractivity contribution in [3.8, 4) is 6.07 Å². The second-order valence-electron chi connectivity index (χ2n) is 9.87. The van der Waals surface area contributed by atoms with E-state index in [0.29, 0.717) is 29.5 Å². The molecule has 0 aromatic rings. The Labute approximate surface area is 186 Å². The lowest BCUT2D eigenvalue weighted by Crippen LogP contribution is -2.51. The molecule has 1 aliphatic rings. The lowest BCUT2D eigenvalue weighted by molar-refractivity contribution is -0.105. The topological polar surface area (TPSA) is 50.1 Å². The number of nitrogens with zero attached hydrogens (tertiary/aromatic N) is 1. The van der Waals surface area contributed by atoms with E-state index >= 15 is 0 Å². The number of hydrogen-bond donors (Lipinski definition) is 0. The molecule has 0 N–H and O–H groups in total. The fraction of sp³-hybridized carbons (Fsp3) is 0.692. The molecular weight excluding hydrogens is 386 g/mol. The average molecular weight is 430 g/mol. The molecule has 0 bridgehead atoms. The summed E-state index contributed by atoms with van der Waals surface area (Å²) in [6, 6.07) is 2.35. The van der Waals surface area contributed by atoms with Gasteiger partial charge in [-0.2, -0.15) is 5.26 Å². The first-order valence-corrected chi connectivity index (χ1v) is 13.8. The molecule has 0 fully saturated rings. The number of rotatable bonds is 6. The Kier molecular flexibility index (Phi) is 11.0. The average Bonchev–Trinajstić information content (AvgIpc) is 2.69. The zero-order chi connectivity index (χ0) is 22.9. The van der Waals surface area contributed by atoms with Crippen molar-refractivity contribution in [2.75, 3.05) is 0 Å². The maximum atomic E-state index is 11.7. The zero-order valence-corrected chi connectivity index (χ0v) is 21.4. The van der Waals surface area contributed by atoms with Crippen molar-refractivity contribution in [1.82, 2.24) is 0 Å². The van der Waals surface area contributed by atoms with Crippen LogP contribution in [0.25, 0.3) is 0 Å². The quantitative estimate of drug-likeness (QED) is 0.324. The van der Waals surface area contributed by atoms with Gasteiger partial charge in [-0.25, -0.2) is 0 Å². The predicted molar refractivity (Wildman–Crippen MR) is 130 cm³/mol. The molecular formula is C26H43NO2Si. The molecule has 30 heavy (non-hydrogen) atoms. The third-order valence-electron chi connectivity index (χ3n) is 6.87. The van der Waals surface area contributed by atoms with Gasteiger partial charge < -0.3 is 4.43 Å². The van der Waals surface area contributed by atoms with Gasteiger partial charge in [0.1, 0.15) is 6.29 Å². The molecule has 3 nitrogen and oxygen atoms in total. The monoisotopic (exact) mass is 429 g/mol. The molecule has 0 radical (unpaired) electrons. The van der Waals surface area contributed by atoms with E-state index in [2.05, 4.69) is 66.7 Å². The minimum atomic E-state index is -2.00. The summed E-state index contributed by atoms with van der Waals surface area (Å²) in [6.45, 7) is 18.2. The molecule has 1 rings (SSSR count). The fourth-order valence-electron chi connectivity index (χ4n) is 5.07. The van der Waals surface area contributed by atoms with Crippen LogP contribution >= 0.6 is 0 Å². The van der Waals surface area contributed by atoms with Crippen molar-refractivity contribution < 1.29 is 9.22 Å². The van der Waals surface area contributed by atoms with Crippen LogP contribution in [0.4, 0.5) is 0 Å². The molecule has 1 aliphatic carbocycles. The Hall–Kier alpha value is -1.44. The van der Waals surface area contributed by atoms with Gasteiger partial charge in [0.05, 0.1) is 18.1 Å². The second-order valence-corrected chi connectivity index (χ2v) is 15.3. The van der Waals surface area contributed by atoms with Gasteiger partial charge in [0.25, 0.3) is 0 Å². The van der Waals surface area contributed by atoms with Gasteiger partial charge in [0.15, 0.2) is 0 Å². The number of aldehydes is 1. The summed E-state index contributed by atoms with van der Waals surface area (Å²) in [4.78, 5) is 11.7. The Morgan fingerprint density at radius 1 is 1.13 bits per heavy atom. The molecule has 168 valence electrons. The standard InChI is InChI=1S/C26H43NO2Si/c1-19(2)30(20(3)4,21(5)6)29-26-15-14-22(7)25(18-28)16-24(17-27)13-11-9-10-12-23(26)8/h9-12,18-21,23-24,26H,13-16H2,1-8H3/b11-9-,12-10+,25-22-/t23-,24?,26?/m0/s1. The maximum absolute atomic E-state index is 11.7. The Bertz CT molecular complexity index is 660. The minimum Gasteiger partial charge on any atom is -0.413 e. The highest BCUT2D eigenvalue weighted by atomic mass is 28.4. The predicted octanol–water partition coefficient (Wildman–Crippen LogP) is 7.52. The van der Waals surface area contributed by atoms with Crippen LogP contribution in [0.1, 0.15) is 81.1 Å². The maximum Gasteiger partial charge on any atom is 0.200 e. The summed E-state index contributed by atoms with van der Waals surface area (Å²) < 4.78 is 7.17. The Balaban J connectivity index is 3.32. The van der Waals surface area contributed by atoms with E-state index in [0.717, 1.165) is 30.3 Å². The number of carbonyl (C=O) groups excluding carboxylic acids is 1. The van der Waals surface area contributed by atoms with Crippen LogP contribution in [0.15, 0.2) is 35.5 Å². The van der Waals surface area contributed by atoms with Gasteiger partial charge in [-0.1, -0.05) is 78.3 Å². The second kappa shape index (κ2) is 12.4. The number of carbonyl (C=O) groups is 1.